The molecule has 1 aromatic carbocycles. The fourth-order valence-electron chi connectivity index (χ4n) is 3.63. The van der Waals surface area contributed by atoms with Crippen LogP contribution in [0.1, 0.15) is 18.4 Å². The Morgan fingerprint density at radius 1 is 1.17 bits per heavy atom. The lowest BCUT2D eigenvalue weighted by Crippen LogP contribution is -2.44. The minimum absolute atomic E-state index is 0.0388. The molecule has 0 radical (unpaired) electrons. The number of para-hydroxylation sites is 1. The zero-order chi connectivity index (χ0) is 15.6. The smallest absolute Gasteiger partial charge is 0.231 e. The van der Waals surface area contributed by atoms with E-state index in [1.54, 1.807) is 18.6 Å². The quantitative estimate of drug-likeness (QED) is 0.854. The number of carbonyl (C=O) groups excluding carboxylic acids is 1. The zero-order valence-corrected chi connectivity index (χ0v) is 13.1. The molecule has 1 fully saturated rings. The van der Waals surface area contributed by atoms with E-state index in [2.05, 4.69) is 27.0 Å². The van der Waals surface area contributed by atoms with Crippen molar-refractivity contribution in [2.75, 3.05) is 29.4 Å². The average Bonchev–Trinajstić information content (AvgIpc) is 3.06. The number of carbonyl (C=O) groups is 1. The number of benzene rings is 1. The first kappa shape index (κ1) is 14.2. The molecule has 1 atom stereocenters. The monoisotopic (exact) mass is 308 g/mol. The number of hydrogen-bond donors (Lipinski definition) is 0. The number of hydrogen-bond acceptors (Lipinski definition) is 4. The van der Waals surface area contributed by atoms with Crippen LogP contribution in [0.2, 0.25) is 0 Å². The molecule has 2 aromatic rings. The zero-order valence-electron chi connectivity index (χ0n) is 13.1. The van der Waals surface area contributed by atoms with Gasteiger partial charge in [0.1, 0.15) is 5.82 Å². The van der Waals surface area contributed by atoms with Gasteiger partial charge in [-0.2, -0.15) is 0 Å². The van der Waals surface area contributed by atoms with Crippen LogP contribution in [-0.2, 0) is 11.2 Å². The van der Waals surface area contributed by atoms with Crippen LogP contribution < -0.4 is 9.80 Å². The Labute approximate surface area is 136 Å². The highest BCUT2D eigenvalue weighted by molar-refractivity contribution is 5.97. The molecule has 5 heteroatoms. The van der Waals surface area contributed by atoms with Gasteiger partial charge in [0, 0.05) is 37.7 Å². The van der Waals surface area contributed by atoms with Crippen LogP contribution in [0.25, 0.3) is 0 Å². The van der Waals surface area contributed by atoms with E-state index in [9.17, 15) is 4.79 Å². The topological polar surface area (TPSA) is 49.3 Å². The first-order valence-corrected chi connectivity index (χ1v) is 8.23. The number of amides is 1. The molecule has 23 heavy (non-hydrogen) atoms. The van der Waals surface area contributed by atoms with E-state index in [-0.39, 0.29) is 11.8 Å². The van der Waals surface area contributed by atoms with Crippen molar-refractivity contribution in [3.8, 4) is 0 Å². The highest BCUT2D eigenvalue weighted by Crippen LogP contribution is 2.31. The van der Waals surface area contributed by atoms with Gasteiger partial charge in [0.15, 0.2) is 0 Å². The van der Waals surface area contributed by atoms with Crippen molar-refractivity contribution < 1.29 is 4.79 Å². The van der Waals surface area contributed by atoms with E-state index in [0.717, 1.165) is 50.4 Å². The van der Waals surface area contributed by atoms with Crippen LogP contribution in [0.3, 0.4) is 0 Å². The third-order valence-electron chi connectivity index (χ3n) is 4.80. The summed E-state index contributed by atoms with van der Waals surface area (Å²) in [6.07, 6.45) is 8.09. The lowest BCUT2D eigenvalue weighted by molar-refractivity contribution is -0.122. The summed E-state index contributed by atoms with van der Waals surface area (Å²) in [6.45, 7) is 2.48. The molecule has 0 unspecified atom stereocenters. The van der Waals surface area contributed by atoms with Crippen LogP contribution in [0.4, 0.5) is 11.5 Å². The molecule has 0 aliphatic carbocycles. The second-order valence-electron chi connectivity index (χ2n) is 6.22. The summed E-state index contributed by atoms with van der Waals surface area (Å²) < 4.78 is 0. The second kappa shape index (κ2) is 5.99. The number of fused-ring (bicyclic) bond motifs is 1. The maximum atomic E-state index is 13.0. The summed E-state index contributed by atoms with van der Waals surface area (Å²) in [5.41, 5.74) is 2.37. The van der Waals surface area contributed by atoms with Crippen LogP contribution >= 0.6 is 0 Å². The predicted octanol–water partition coefficient (Wildman–Crippen LogP) is 2.28. The molecule has 3 heterocycles. The second-order valence-corrected chi connectivity index (χ2v) is 6.22. The van der Waals surface area contributed by atoms with Gasteiger partial charge >= 0.3 is 0 Å². The summed E-state index contributed by atoms with van der Waals surface area (Å²) in [4.78, 5) is 25.7. The van der Waals surface area contributed by atoms with E-state index in [0.29, 0.717) is 0 Å². The maximum Gasteiger partial charge on any atom is 0.231 e. The number of aromatic nitrogens is 2. The Bertz CT molecular complexity index is 703. The minimum Gasteiger partial charge on any atom is -0.355 e. The summed E-state index contributed by atoms with van der Waals surface area (Å²) in [5, 5.41) is 0. The summed E-state index contributed by atoms with van der Waals surface area (Å²) in [6, 6.07) is 8.24. The van der Waals surface area contributed by atoms with Crippen molar-refractivity contribution in [1.82, 2.24) is 9.97 Å². The van der Waals surface area contributed by atoms with Gasteiger partial charge < -0.3 is 9.80 Å². The summed E-state index contributed by atoms with van der Waals surface area (Å²) in [7, 11) is 0. The first-order chi connectivity index (χ1) is 11.3. The molecule has 1 amide bonds. The van der Waals surface area contributed by atoms with Crippen molar-refractivity contribution in [2.45, 2.75) is 19.3 Å². The van der Waals surface area contributed by atoms with Crippen LogP contribution in [0, 0.1) is 5.92 Å². The normalized spacial score (nSPS) is 20.4. The fraction of sp³-hybridized carbons (Fsp3) is 0.389. The Kier molecular flexibility index (Phi) is 3.69. The van der Waals surface area contributed by atoms with Gasteiger partial charge in [0.2, 0.25) is 5.91 Å². The molecule has 0 bridgehead atoms. The molecular weight excluding hydrogens is 288 g/mol. The SMILES string of the molecule is O=C([C@H]1CCCN(c2cnccn2)C1)N1CCc2ccccc21. The van der Waals surface area contributed by atoms with E-state index in [1.165, 1.54) is 5.56 Å². The molecular formula is C18H20N4O. The van der Waals surface area contributed by atoms with E-state index < -0.39 is 0 Å². The highest BCUT2D eigenvalue weighted by atomic mass is 16.2. The van der Waals surface area contributed by atoms with Crippen LogP contribution in [-0.4, -0.2) is 35.5 Å². The van der Waals surface area contributed by atoms with Crippen LogP contribution in [0.5, 0.6) is 0 Å². The summed E-state index contributed by atoms with van der Waals surface area (Å²) in [5.74, 6) is 1.16. The standard InChI is InChI=1S/C18H20N4O/c23-18(22-11-7-14-4-1-2-6-16(14)22)15-5-3-10-21(13-15)17-12-19-8-9-20-17/h1-2,4,6,8-9,12,15H,3,5,7,10-11,13H2/t15-/m0/s1. The molecule has 1 aromatic heterocycles. The first-order valence-electron chi connectivity index (χ1n) is 8.23. The molecule has 2 aliphatic rings. The Balaban J connectivity index is 1.51. The predicted molar refractivity (Wildman–Crippen MR) is 89.5 cm³/mol. The fourth-order valence-corrected chi connectivity index (χ4v) is 3.63. The maximum absolute atomic E-state index is 13.0. The van der Waals surface area contributed by atoms with Crippen molar-refractivity contribution in [2.24, 2.45) is 5.92 Å². The minimum atomic E-state index is 0.0388. The lowest BCUT2D eigenvalue weighted by Gasteiger charge is -2.34. The van der Waals surface area contributed by atoms with Crippen molar-refractivity contribution >= 4 is 17.4 Å². The van der Waals surface area contributed by atoms with E-state index >= 15 is 0 Å². The molecule has 4 rings (SSSR count). The third kappa shape index (κ3) is 2.67. The third-order valence-corrected chi connectivity index (χ3v) is 4.80. The summed E-state index contributed by atoms with van der Waals surface area (Å²) >= 11 is 0. The largest absolute Gasteiger partial charge is 0.355 e. The van der Waals surface area contributed by atoms with Gasteiger partial charge in [0.25, 0.3) is 0 Å². The number of nitrogens with zero attached hydrogens (tertiary/aromatic N) is 4. The Morgan fingerprint density at radius 3 is 2.96 bits per heavy atom. The van der Waals surface area contributed by atoms with Crippen molar-refractivity contribution in [3.63, 3.8) is 0 Å². The molecule has 118 valence electrons. The molecule has 0 N–H and O–H groups in total. The van der Waals surface area contributed by atoms with Gasteiger partial charge in [-0.1, -0.05) is 18.2 Å². The van der Waals surface area contributed by atoms with Gasteiger partial charge in [-0.05, 0) is 30.9 Å². The molecule has 0 spiro atoms. The molecule has 0 saturated carbocycles. The number of anilines is 2. The van der Waals surface area contributed by atoms with Gasteiger partial charge in [0.05, 0.1) is 12.1 Å². The average molecular weight is 308 g/mol. The molecule has 5 nitrogen and oxygen atoms in total. The highest BCUT2D eigenvalue weighted by Gasteiger charge is 2.33. The number of piperidine rings is 1. The van der Waals surface area contributed by atoms with Gasteiger partial charge in [-0.25, -0.2) is 4.98 Å². The van der Waals surface area contributed by atoms with E-state index in [4.69, 9.17) is 0 Å². The Hall–Kier alpha value is -2.43. The van der Waals surface area contributed by atoms with Crippen molar-refractivity contribution in [1.29, 1.82) is 0 Å². The molecule has 2 aliphatic heterocycles. The lowest BCUT2D eigenvalue weighted by atomic mass is 9.96. The van der Waals surface area contributed by atoms with Crippen LogP contribution in [0.15, 0.2) is 42.9 Å². The number of rotatable bonds is 2. The van der Waals surface area contributed by atoms with Gasteiger partial charge in [-0.15, -0.1) is 0 Å². The Morgan fingerprint density at radius 2 is 2.09 bits per heavy atom. The van der Waals surface area contributed by atoms with Gasteiger partial charge in [-0.3, -0.25) is 9.78 Å². The van der Waals surface area contributed by atoms with Crippen molar-refractivity contribution in [3.05, 3.63) is 48.4 Å². The molecule has 1 saturated heterocycles. The van der Waals surface area contributed by atoms with E-state index in [1.807, 2.05) is 17.0 Å².